The molecule has 0 heterocycles. The van der Waals surface area contributed by atoms with E-state index in [1.807, 2.05) is 34.6 Å². The number of carbonyl (C=O) groups is 3. The van der Waals surface area contributed by atoms with Crippen molar-refractivity contribution in [1.29, 1.82) is 0 Å². The van der Waals surface area contributed by atoms with E-state index in [1.54, 1.807) is 0 Å². The lowest BCUT2D eigenvalue weighted by Crippen LogP contribution is -2.55. The molecule has 0 radical (unpaired) electrons. The summed E-state index contributed by atoms with van der Waals surface area (Å²) in [6, 6.07) is -0.683. The zero-order chi connectivity index (χ0) is 16.8. The zero-order valence-corrected chi connectivity index (χ0v) is 14.7. The molecule has 0 aliphatic rings. The summed E-state index contributed by atoms with van der Waals surface area (Å²) in [5.74, 6) is -1.40. The van der Waals surface area contributed by atoms with E-state index >= 15 is 0 Å². The number of hydrogen-bond donors (Lipinski definition) is 3. The van der Waals surface area contributed by atoms with Gasteiger partial charge < -0.3 is 10.6 Å². The number of Topliss-reactive ketones (excluding diaryl/α,β-unsaturated/α-hetero) is 1. The third kappa shape index (κ3) is 6.50. The average Bonchev–Trinajstić information content (AvgIpc) is 2.38. The van der Waals surface area contributed by atoms with Crippen LogP contribution < -0.4 is 10.6 Å². The van der Waals surface area contributed by atoms with E-state index in [0.29, 0.717) is 6.42 Å². The van der Waals surface area contributed by atoms with Crippen molar-refractivity contribution in [2.75, 3.05) is 12.8 Å². The molecule has 0 fully saturated rings. The van der Waals surface area contributed by atoms with Crippen LogP contribution in [0.2, 0.25) is 0 Å². The van der Waals surface area contributed by atoms with E-state index in [-0.39, 0.29) is 23.4 Å². The minimum absolute atomic E-state index is 0.0188. The molecular weight excluding hydrogens is 288 g/mol. The number of ketones is 1. The highest BCUT2D eigenvalue weighted by molar-refractivity contribution is 7.81. The molecule has 0 spiro atoms. The minimum Gasteiger partial charge on any atom is -0.357 e. The van der Waals surface area contributed by atoms with Crippen molar-refractivity contribution in [2.45, 2.75) is 47.1 Å². The Balaban J connectivity index is 5.16. The minimum atomic E-state index is -0.753. The maximum Gasteiger partial charge on any atom is 0.242 e. The van der Waals surface area contributed by atoms with Crippen molar-refractivity contribution in [3.05, 3.63) is 0 Å². The molecule has 0 rings (SSSR count). The first kappa shape index (κ1) is 20.0. The van der Waals surface area contributed by atoms with Gasteiger partial charge >= 0.3 is 0 Å². The predicted octanol–water partition coefficient (Wildman–Crippen LogP) is 1.42. The Morgan fingerprint density at radius 3 is 1.95 bits per heavy atom. The molecule has 6 heteroatoms. The summed E-state index contributed by atoms with van der Waals surface area (Å²) in [6.45, 7) is 9.50. The monoisotopic (exact) mass is 316 g/mol. The third-order valence-electron chi connectivity index (χ3n) is 3.23. The van der Waals surface area contributed by atoms with E-state index in [1.165, 1.54) is 7.05 Å². The highest BCUT2D eigenvalue weighted by Gasteiger charge is 2.35. The van der Waals surface area contributed by atoms with Gasteiger partial charge in [-0.2, -0.15) is 12.6 Å². The normalized spacial score (nSPS) is 14.5. The number of nitrogens with one attached hydrogen (secondary N) is 2. The summed E-state index contributed by atoms with van der Waals surface area (Å²) >= 11 is 3.97. The Labute approximate surface area is 133 Å². The van der Waals surface area contributed by atoms with Gasteiger partial charge in [-0.05, 0) is 17.8 Å². The first-order valence-electron chi connectivity index (χ1n) is 7.20. The van der Waals surface area contributed by atoms with Crippen molar-refractivity contribution >= 4 is 30.2 Å². The molecule has 0 saturated carbocycles. The highest BCUT2D eigenvalue weighted by Crippen LogP contribution is 2.21. The molecule has 5 nitrogen and oxygen atoms in total. The van der Waals surface area contributed by atoms with Crippen LogP contribution in [0.3, 0.4) is 0 Å². The van der Waals surface area contributed by atoms with Gasteiger partial charge in [0.2, 0.25) is 11.8 Å². The first-order chi connectivity index (χ1) is 9.54. The van der Waals surface area contributed by atoms with Gasteiger partial charge in [0.15, 0.2) is 5.78 Å². The molecule has 2 atom stereocenters. The van der Waals surface area contributed by atoms with Crippen molar-refractivity contribution in [3.63, 3.8) is 0 Å². The van der Waals surface area contributed by atoms with E-state index < -0.39 is 23.3 Å². The Hall–Kier alpha value is -1.04. The van der Waals surface area contributed by atoms with Crippen LogP contribution in [0.4, 0.5) is 0 Å². The molecule has 0 bridgehead atoms. The highest BCUT2D eigenvalue weighted by atomic mass is 32.1. The zero-order valence-electron chi connectivity index (χ0n) is 13.8. The largest absolute Gasteiger partial charge is 0.357 e. The van der Waals surface area contributed by atoms with Crippen LogP contribution in [-0.4, -0.2) is 36.4 Å². The topological polar surface area (TPSA) is 75.3 Å². The van der Waals surface area contributed by atoms with Gasteiger partial charge in [-0.15, -0.1) is 0 Å². The second-order valence-corrected chi connectivity index (χ2v) is 7.04. The van der Waals surface area contributed by atoms with Crippen molar-refractivity contribution in [1.82, 2.24) is 10.6 Å². The lowest BCUT2D eigenvalue weighted by Gasteiger charge is -2.31. The number of likely N-dealkylation sites (N-methyl/N-ethyl adjacent to an activating group) is 1. The van der Waals surface area contributed by atoms with Gasteiger partial charge in [0.1, 0.15) is 6.04 Å². The number of carbonyl (C=O) groups excluding carboxylic acids is 3. The van der Waals surface area contributed by atoms with Gasteiger partial charge in [-0.3, -0.25) is 14.4 Å². The molecule has 0 aliphatic heterocycles. The first-order valence-corrected chi connectivity index (χ1v) is 7.83. The van der Waals surface area contributed by atoms with Crippen molar-refractivity contribution in [2.24, 2.45) is 17.3 Å². The summed E-state index contributed by atoms with van der Waals surface area (Å²) in [5.41, 5.74) is -0.442. The predicted molar refractivity (Wildman–Crippen MR) is 87.3 cm³/mol. The number of hydrogen-bond acceptors (Lipinski definition) is 4. The van der Waals surface area contributed by atoms with Crippen molar-refractivity contribution in [3.8, 4) is 0 Å². The molecular formula is C15H28N2O3S. The molecule has 1 unspecified atom stereocenters. The maximum atomic E-state index is 12.4. The summed E-state index contributed by atoms with van der Waals surface area (Å²) in [6.07, 6.45) is 0.454. The van der Waals surface area contributed by atoms with E-state index in [0.717, 1.165) is 0 Å². The molecule has 21 heavy (non-hydrogen) atoms. The Morgan fingerprint density at radius 1 is 1.10 bits per heavy atom. The number of rotatable bonds is 7. The molecule has 0 saturated heterocycles. The van der Waals surface area contributed by atoms with Crippen LogP contribution in [0.15, 0.2) is 0 Å². The summed E-state index contributed by atoms with van der Waals surface area (Å²) in [7, 11) is 1.53. The Bertz CT molecular complexity index is 389. The lowest BCUT2D eigenvalue weighted by atomic mass is 9.85. The molecule has 0 aromatic rings. The van der Waals surface area contributed by atoms with Crippen LogP contribution in [0.5, 0.6) is 0 Å². The van der Waals surface area contributed by atoms with Crippen LogP contribution in [0.25, 0.3) is 0 Å². The van der Waals surface area contributed by atoms with E-state index in [4.69, 9.17) is 0 Å². The van der Waals surface area contributed by atoms with Crippen molar-refractivity contribution < 1.29 is 14.4 Å². The fraction of sp³-hybridized carbons (Fsp3) is 0.800. The summed E-state index contributed by atoms with van der Waals surface area (Å²) in [5, 5.41) is 5.27. The smallest absolute Gasteiger partial charge is 0.242 e. The fourth-order valence-electron chi connectivity index (χ4n) is 2.03. The van der Waals surface area contributed by atoms with Crippen LogP contribution in [0.1, 0.15) is 41.0 Å². The fourth-order valence-corrected chi connectivity index (χ4v) is 2.25. The molecule has 0 aromatic carbocycles. The molecule has 0 aromatic heterocycles. The van der Waals surface area contributed by atoms with Gasteiger partial charge in [-0.25, -0.2) is 0 Å². The third-order valence-corrected chi connectivity index (χ3v) is 3.54. The summed E-state index contributed by atoms with van der Waals surface area (Å²) < 4.78 is 0. The van der Waals surface area contributed by atoms with Crippen LogP contribution in [0, 0.1) is 17.3 Å². The van der Waals surface area contributed by atoms with Crippen LogP contribution in [-0.2, 0) is 14.4 Å². The SMILES string of the molecule is CNC(=O)[C@@H](NC(=O)C(CC(C)C)C(=O)CS)C(C)(C)C. The quantitative estimate of drug-likeness (QED) is 0.491. The second kappa shape index (κ2) is 8.41. The van der Waals surface area contributed by atoms with E-state index in [2.05, 4.69) is 23.3 Å². The standard InChI is InChI=1S/C15H28N2O3S/c1-9(2)7-10(11(18)8-21)13(19)17-12(14(20)16-6)15(3,4)5/h9-10,12,21H,7-8H2,1-6H3,(H,16,20)(H,17,19)/t10?,12-/m1/s1. The number of amides is 2. The van der Waals surface area contributed by atoms with E-state index in [9.17, 15) is 14.4 Å². The molecule has 122 valence electrons. The van der Waals surface area contributed by atoms with Gasteiger partial charge in [0.05, 0.1) is 11.7 Å². The Kier molecular flexibility index (Phi) is 8.00. The average molecular weight is 316 g/mol. The van der Waals surface area contributed by atoms with Gasteiger partial charge in [-0.1, -0.05) is 34.6 Å². The lowest BCUT2D eigenvalue weighted by molar-refractivity contribution is -0.138. The second-order valence-electron chi connectivity index (χ2n) is 6.73. The number of thiol groups is 1. The van der Waals surface area contributed by atoms with Gasteiger partial charge in [0, 0.05) is 7.05 Å². The Morgan fingerprint density at radius 2 is 1.62 bits per heavy atom. The molecule has 0 aliphatic carbocycles. The maximum absolute atomic E-state index is 12.4. The van der Waals surface area contributed by atoms with Gasteiger partial charge in [0.25, 0.3) is 0 Å². The molecule has 2 N–H and O–H groups in total. The van der Waals surface area contributed by atoms with Crippen LogP contribution >= 0.6 is 12.6 Å². The molecule has 2 amide bonds. The summed E-state index contributed by atoms with van der Waals surface area (Å²) in [4.78, 5) is 36.3.